The molecule has 3 rings (SSSR count). The Hall–Kier alpha value is -3.68. The molecule has 3 aromatic rings. The van der Waals surface area contributed by atoms with Crippen LogP contribution in [0.4, 0.5) is 4.39 Å². The summed E-state index contributed by atoms with van der Waals surface area (Å²) in [6, 6.07) is 15.8. The van der Waals surface area contributed by atoms with Crippen molar-refractivity contribution < 1.29 is 18.7 Å². The summed E-state index contributed by atoms with van der Waals surface area (Å²) >= 11 is 0. The predicted molar refractivity (Wildman–Crippen MR) is 115 cm³/mol. The molecule has 0 bridgehead atoms. The molecule has 1 atom stereocenters. The number of ether oxygens (including phenoxy) is 2. The second-order valence-corrected chi connectivity index (χ2v) is 6.74. The average molecular weight is 425 g/mol. The summed E-state index contributed by atoms with van der Waals surface area (Å²) in [4.78, 5) is 24.4. The van der Waals surface area contributed by atoms with Gasteiger partial charge >= 0.3 is 0 Å². The molecule has 0 aliphatic rings. The minimum absolute atomic E-state index is 0.190. The van der Waals surface area contributed by atoms with Crippen molar-refractivity contribution in [1.29, 1.82) is 0 Å². The van der Waals surface area contributed by atoms with E-state index < -0.39 is 6.10 Å². The van der Waals surface area contributed by atoms with Gasteiger partial charge in [-0.15, -0.1) is 0 Å². The second-order valence-electron chi connectivity index (χ2n) is 6.74. The Labute approximate surface area is 179 Å². The molecule has 1 aromatic heterocycles. The van der Waals surface area contributed by atoms with Crippen LogP contribution in [0.5, 0.6) is 11.5 Å². The second kappa shape index (κ2) is 10.4. The van der Waals surface area contributed by atoms with Gasteiger partial charge in [0.1, 0.15) is 17.3 Å². The summed E-state index contributed by atoms with van der Waals surface area (Å²) in [6.45, 7) is 4.51. The predicted octanol–water partition coefficient (Wildman–Crippen LogP) is 3.03. The van der Waals surface area contributed by atoms with E-state index in [1.807, 2.05) is 6.92 Å². The lowest BCUT2D eigenvalue weighted by atomic mass is 10.1. The monoisotopic (exact) mass is 425 g/mol. The minimum Gasteiger partial charge on any atom is -0.494 e. The van der Waals surface area contributed by atoms with Gasteiger partial charge in [0.25, 0.3) is 11.5 Å². The molecule has 0 radical (unpaired) electrons. The van der Waals surface area contributed by atoms with Gasteiger partial charge in [-0.25, -0.2) is 9.07 Å². The standard InChI is InChI=1S/C23H24FN3O4/c1-3-30-19-8-10-20(11-9-19)31-16(2)23(29)25-14-15-27-22(28)13-12-21(26-27)17-4-6-18(24)7-5-17/h4-13,16H,3,14-15H2,1-2H3,(H,25,29). The molecule has 31 heavy (non-hydrogen) atoms. The lowest BCUT2D eigenvalue weighted by Crippen LogP contribution is -2.39. The van der Waals surface area contributed by atoms with Gasteiger partial charge in [0.05, 0.1) is 18.8 Å². The van der Waals surface area contributed by atoms with Crippen LogP contribution in [0, 0.1) is 5.82 Å². The fourth-order valence-corrected chi connectivity index (χ4v) is 2.85. The maximum atomic E-state index is 13.1. The van der Waals surface area contributed by atoms with Gasteiger partial charge in [-0.2, -0.15) is 5.10 Å². The van der Waals surface area contributed by atoms with Gasteiger partial charge in [-0.3, -0.25) is 9.59 Å². The molecule has 1 heterocycles. The van der Waals surface area contributed by atoms with Crippen LogP contribution in [0.2, 0.25) is 0 Å². The molecule has 0 saturated heterocycles. The van der Waals surface area contributed by atoms with Crippen LogP contribution in [-0.2, 0) is 11.3 Å². The highest BCUT2D eigenvalue weighted by molar-refractivity contribution is 5.80. The summed E-state index contributed by atoms with van der Waals surface area (Å²) in [5.74, 6) is 0.627. The number of hydrogen-bond donors (Lipinski definition) is 1. The van der Waals surface area contributed by atoms with Crippen molar-refractivity contribution >= 4 is 5.91 Å². The van der Waals surface area contributed by atoms with Crippen molar-refractivity contribution in [3.8, 4) is 22.8 Å². The van der Waals surface area contributed by atoms with E-state index in [1.54, 1.807) is 49.4 Å². The molecule has 0 saturated carbocycles. The highest BCUT2D eigenvalue weighted by Gasteiger charge is 2.14. The Balaban J connectivity index is 1.54. The normalized spacial score (nSPS) is 11.6. The van der Waals surface area contributed by atoms with Crippen LogP contribution in [-0.4, -0.2) is 34.9 Å². The lowest BCUT2D eigenvalue weighted by molar-refractivity contribution is -0.127. The number of nitrogens with zero attached hydrogens (tertiary/aromatic N) is 2. The smallest absolute Gasteiger partial charge is 0.266 e. The summed E-state index contributed by atoms with van der Waals surface area (Å²) in [5, 5.41) is 7.03. The van der Waals surface area contributed by atoms with Gasteiger partial charge in [-0.1, -0.05) is 0 Å². The molecule has 8 heteroatoms. The average Bonchev–Trinajstić information content (AvgIpc) is 2.77. The van der Waals surface area contributed by atoms with Crippen LogP contribution in [0.3, 0.4) is 0 Å². The molecular weight excluding hydrogens is 401 g/mol. The minimum atomic E-state index is -0.715. The highest BCUT2D eigenvalue weighted by Crippen LogP contribution is 2.18. The van der Waals surface area contributed by atoms with Crippen LogP contribution in [0.1, 0.15) is 13.8 Å². The first-order valence-electron chi connectivity index (χ1n) is 9.97. The maximum absolute atomic E-state index is 13.1. The number of hydrogen-bond acceptors (Lipinski definition) is 5. The van der Waals surface area contributed by atoms with Crippen molar-refractivity contribution in [2.75, 3.05) is 13.2 Å². The number of rotatable bonds is 9. The Morgan fingerprint density at radius 3 is 2.42 bits per heavy atom. The quantitative estimate of drug-likeness (QED) is 0.570. The van der Waals surface area contributed by atoms with Gasteiger partial charge in [0.15, 0.2) is 6.10 Å². The van der Waals surface area contributed by atoms with E-state index in [4.69, 9.17) is 9.47 Å². The van der Waals surface area contributed by atoms with Crippen molar-refractivity contribution in [1.82, 2.24) is 15.1 Å². The van der Waals surface area contributed by atoms with Crippen LogP contribution >= 0.6 is 0 Å². The van der Waals surface area contributed by atoms with E-state index in [0.29, 0.717) is 23.6 Å². The zero-order valence-corrected chi connectivity index (χ0v) is 17.4. The first-order chi connectivity index (χ1) is 15.0. The fourth-order valence-electron chi connectivity index (χ4n) is 2.85. The van der Waals surface area contributed by atoms with Crippen molar-refractivity contribution in [3.63, 3.8) is 0 Å². The number of benzene rings is 2. The molecular formula is C23H24FN3O4. The number of nitrogens with one attached hydrogen (secondary N) is 1. The largest absolute Gasteiger partial charge is 0.494 e. The van der Waals surface area contributed by atoms with Crippen molar-refractivity contribution in [2.45, 2.75) is 26.5 Å². The molecule has 0 spiro atoms. The van der Waals surface area contributed by atoms with Crippen molar-refractivity contribution in [3.05, 3.63) is 76.8 Å². The lowest BCUT2D eigenvalue weighted by Gasteiger charge is -2.15. The van der Waals surface area contributed by atoms with E-state index in [9.17, 15) is 14.0 Å². The van der Waals surface area contributed by atoms with E-state index in [0.717, 1.165) is 5.75 Å². The molecule has 2 aromatic carbocycles. The SMILES string of the molecule is CCOc1ccc(OC(C)C(=O)NCCn2nc(-c3ccc(F)cc3)ccc2=O)cc1. The first-order valence-corrected chi connectivity index (χ1v) is 9.97. The summed E-state index contributed by atoms with van der Waals surface area (Å²) in [5.41, 5.74) is 0.938. The Morgan fingerprint density at radius 2 is 1.74 bits per heavy atom. The Morgan fingerprint density at radius 1 is 1.06 bits per heavy atom. The van der Waals surface area contributed by atoms with E-state index in [-0.39, 0.29) is 30.4 Å². The molecule has 7 nitrogen and oxygen atoms in total. The van der Waals surface area contributed by atoms with E-state index >= 15 is 0 Å². The molecule has 1 amide bonds. The van der Waals surface area contributed by atoms with Crippen LogP contribution < -0.4 is 20.3 Å². The Bertz CT molecular complexity index is 1070. The summed E-state index contributed by atoms with van der Waals surface area (Å²) < 4.78 is 25.4. The fraction of sp³-hybridized carbons (Fsp3) is 0.261. The van der Waals surface area contributed by atoms with Gasteiger partial charge in [-0.05, 0) is 68.4 Å². The number of aromatic nitrogens is 2. The zero-order chi connectivity index (χ0) is 22.2. The Kier molecular flexibility index (Phi) is 7.37. The molecule has 0 fully saturated rings. The number of amides is 1. The molecule has 1 N–H and O–H groups in total. The highest BCUT2D eigenvalue weighted by atomic mass is 19.1. The topological polar surface area (TPSA) is 82.4 Å². The zero-order valence-electron chi connectivity index (χ0n) is 17.4. The van der Waals surface area contributed by atoms with E-state index in [1.165, 1.54) is 22.9 Å². The third-order valence-corrected chi connectivity index (χ3v) is 4.45. The van der Waals surface area contributed by atoms with Gasteiger partial charge in [0.2, 0.25) is 0 Å². The van der Waals surface area contributed by atoms with Crippen LogP contribution in [0.15, 0.2) is 65.5 Å². The summed E-state index contributed by atoms with van der Waals surface area (Å²) in [6.07, 6.45) is -0.715. The molecule has 162 valence electrons. The summed E-state index contributed by atoms with van der Waals surface area (Å²) in [7, 11) is 0. The number of carbonyl (C=O) groups excluding carboxylic acids is 1. The maximum Gasteiger partial charge on any atom is 0.266 e. The number of halogens is 1. The number of carbonyl (C=O) groups is 1. The first kappa shape index (κ1) is 22.0. The van der Waals surface area contributed by atoms with Gasteiger partial charge in [0, 0.05) is 18.2 Å². The molecule has 0 aliphatic heterocycles. The van der Waals surface area contributed by atoms with Crippen molar-refractivity contribution in [2.24, 2.45) is 0 Å². The van der Waals surface area contributed by atoms with Gasteiger partial charge < -0.3 is 14.8 Å². The molecule has 1 unspecified atom stereocenters. The van der Waals surface area contributed by atoms with Crippen LogP contribution in [0.25, 0.3) is 11.3 Å². The van der Waals surface area contributed by atoms with E-state index in [2.05, 4.69) is 10.4 Å². The molecule has 0 aliphatic carbocycles. The third-order valence-electron chi connectivity index (χ3n) is 4.45. The third kappa shape index (κ3) is 6.15.